The molecule has 0 bridgehead atoms. The van der Waals surface area contributed by atoms with E-state index in [1.807, 2.05) is 29.2 Å². The van der Waals surface area contributed by atoms with Gasteiger partial charge in [-0.2, -0.15) is 0 Å². The number of rotatable bonds is 5. The maximum Gasteiger partial charge on any atom is 0.260 e. The number of nitrogens with zero attached hydrogens (tertiary/aromatic N) is 1. The molecule has 2 aliphatic heterocycles. The molecule has 0 radical (unpaired) electrons. The zero-order valence-electron chi connectivity index (χ0n) is 14.3. The number of hydrogen-bond donors (Lipinski definition) is 1. The molecule has 1 aromatic rings. The molecule has 1 aromatic carbocycles. The summed E-state index contributed by atoms with van der Waals surface area (Å²) < 4.78 is 11.2. The van der Waals surface area contributed by atoms with Crippen LogP contribution in [0.4, 0.5) is 0 Å². The van der Waals surface area contributed by atoms with Crippen molar-refractivity contribution < 1.29 is 19.4 Å². The third-order valence-electron chi connectivity index (χ3n) is 5.17. The zero-order valence-corrected chi connectivity index (χ0v) is 14.3. The van der Waals surface area contributed by atoms with Crippen LogP contribution >= 0.6 is 0 Å². The van der Waals surface area contributed by atoms with Crippen molar-refractivity contribution in [2.45, 2.75) is 44.8 Å². The van der Waals surface area contributed by atoms with Gasteiger partial charge in [-0.3, -0.25) is 4.79 Å². The average Bonchev–Trinajstić information content (AvgIpc) is 3.10. The highest BCUT2D eigenvalue weighted by Gasteiger charge is 2.39. The number of benzene rings is 1. The Kier molecular flexibility index (Phi) is 5.74. The summed E-state index contributed by atoms with van der Waals surface area (Å²) in [7, 11) is 0. The number of aryl methyl sites for hydroxylation is 1. The number of aliphatic hydroxyl groups excluding tert-OH is 1. The quantitative estimate of drug-likeness (QED) is 0.895. The maximum absolute atomic E-state index is 12.6. The summed E-state index contributed by atoms with van der Waals surface area (Å²) in [6, 6.07) is 7.93. The van der Waals surface area contributed by atoms with Gasteiger partial charge in [-0.1, -0.05) is 19.1 Å². The molecule has 0 saturated carbocycles. The molecule has 132 valence electrons. The van der Waals surface area contributed by atoms with Crippen LogP contribution in [0.3, 0.4) is 0 Å². The normalized spacial score (nSPS) is 27.2. The van der Waals surface area contributed by atoms with Gasteiger partial charge >= 0.3 is 0 Å². The number of carbonyl (C=O) groups excluding carboxylic acids is 1. The first-order valence-electron chi connectivity index (χ1n) is 8.96. The highest BCUT2D eigenvalue weighted by atomic mass is 16.5. The zero-order chi connectivity index (χ0) is 16.9. The summed E-state index contributed by atoms with van der Waals surface area (Å²) in [6.45, 7) is 4.04. The molecule has 5 heteroatoms. The van der Waals surface area contributed by atoms with Crippen molar-refractivity contribution in [1.29, 1.82) is 0 Å². The van der Waals surface area contributed by atoms with E-state index in [-0.39, 0.29) is 30.6 Å². The van der Waals surface area contributed by atoms with E-state index in [2.05, 4.69) is 6.92 Å². The van der Waals surface area contributed by atoms with E-state index in [9.17, 15) is 9.90 Å². The monoisotopic (exact) mass is 333 g/mol. The molecular weight excluding hydrogens is 306 g/mol. The van der Waals surface area contributed by atoms with Crippen LogP contribution in [0.2, 0.25) is 0 Å². The van der Waals surface area contributed by atoms with Gasteiger partial charge in [0.1, 0.15) is 5.75 Å². The van der Waals surface area contributed by atoms with Gasteiger partial charge in [0.05, 0.1) is 12.7 Å². The topological polar surface area (TPSA) is 59.0 Å². The standard InChI is InChI=1S/C19H27NO4/c1-2-14-5-7-15(8-6-14)24-13-19(22)20-10-3-4-17(20)16-12-23-11-9-18(16)21/h5-8,16-18,21H,2-4,9-13H2,1H3/t16-,17-,18-/m1/s1. The second-order valence-electron chi connectivity index (χ2n) is 6.68. The Labute approximate surface area is 143 Å². The summed E-state index contributed by atoms with van der Waals surface area (Å²) >= 11 is 0. The largest absolute Gasteiger partial charge is 0.484 e. The van der Waals surface area contributed by atoms with Crippen molar-refractivity contribution in [1.82, 2.24) is 4.90 Å². The molecule has 2 saturated heterocycles. The molecule has 3 rings (SSSR count). The number of carbonyl (C=O) groups is 1. The predicted octanol–water partition coefficient (Wildman–Crippen LogP) is 2.02. The van der Waals surface area contributed by atoms with E-state index in [4.69, 9.17) is 9.47 Å². The lowest BCUT2D eigenvalue weighted by molar-refractivity contribution is -0.138. The van der Waals surface area contributed by atoms with Gasteiger partial charge in [-0.25, -0.2) is 0 Å². The van der Waals surface area contributed by atoms with Crippen molar-refractivity contribution in [3.63, 3.8) is 0 Å². The number of hydrogen-bond acceptors (Lipinski definition) is 4. The van der Waals surface area contributed by atoms with Gasteiger partial charge < -0.3 is 19.5 Å². The van der Waals surface area contributed by atoms with Gasteiger partial charge in [-0.15, -0.1) is 0 Å². The number of amides is 1. The van der Waals surface area contributed by atoms with E-state index in [0.29, 0.717) is 19.6 Å². The van der Waals surface area contributed by atoms with Crippen molar-refractivity contribution in [2.24, 2.45) is 5.92 Å². The van der Waals surface area contributed by atoms with Gasteiger partial charge in [0, 0.05) is 25.1 Å². The van der Waals surface area contributed by atoms with Gasteiger partial charge in [0.2, 0.25) is 0 Å². The Bertz CT molecular complexity index is 545. The van der Waals surface area contributed by atoms with Crippen LogP contribution in [0.15, 0.2) is 24.3 Å². The maximum atomic E-state index is 12.6. The summed E-state index contributed by atoms with van der Waals surface area (Å²) in [5, 5.41) is 10.2. The first-order chi connectivity index (χ1) is 11.7. The average molecular weight is 333 g/mol. The lowest BCUT2D eigenvalue weighted by atomic mass is 9.89. The lowest BCUT2D eigenvalue weighted by Gasteiger charge is -2.36. The van der Waals surface area contributed by atoms with E-state index in [0.717, 1.165) is 31.6 Å². The molecule has 0 spiro atoms. The number of ether oxygens (including phenoxy) is 2. The Morgan fingerprint density at radius 3 is 2.83 bits per heavy atom. The van der Waals surface area contributed by atoms with Crippen LogP contribution in [0.5, 0.6) is 5.75 Å². The second-order valence-corrected chi connectivity index (χ2v) is 6.68. The minimum absolute atomic E-state index is 0.00478. The molecule has 1 amide bonds. The van der Waals surface area contributed by atoms with Crippen LogP contribution < -0.4 is 4.74 Å². The molecule has 24 heavy (non-hydrogen) atoms. The van der Waals surface area contributed by atoms with Gasteiger partial charge in [0.15, 0.2) is 6.61 Å². The van der Waals surface area contributed by atoms with Crippen molar-refractivity contribution in [2.75, 3.05) is 26.4 Å². The SMILES string of the molecule is CCc1ccc(OCC(=O)N2CCC[C@@H]2[C@H]2COCC[C@H]2O)cc1. The van der Waals surface area contributed by atoms with Crippen LogP contribution in [0.25, 0.3) is 0 Å². The highest BCUT2D eigenvalue weighted by molar-refractivity contribution is 5.78. The smallest absolute Gasteiger partial charge is 0.260 e. The van der Waals surface area contributed by atoms with Crippen LogP contribution in [0, 0.1) is 5.92 Å². The van der Waals surface area contributed by atoms with Crippen LogP contribution in [0.1, 0.15) is 31.7 Å². The molecule has 2 aliphatic rings. The fraction of sp³-hybridized carbons (Fsp3) is 0.632. The highest BCUT2D eigenvalue weighted by Crippen LogP contribution is 2.30. The Morgan fingerprint density at radius 2 is 2.12 bits per heavy atom. The third-order valence-corrected chi connectivity index (χ3v) is 5.17. The third kappa shape index (κ3) is 3.90. The molecule has 0 aromatic heterocycles. The Morgan fingerprint density at radius 1 is 1.33 bits per heavy atom. The van der Waals surface area contributed by atoms with E-state index < -0.39 is 0 Å². The molecule has 5 nitrogen and oxygen atoms in total. The fourth-order valence-electron chi connectivity index (χ4n) is 3.71. The fourth-order valence-corrected chi connectivity index (χ4v) is 3.71. The molecule has 0 aliphatic carbocycles. The summed E-state index contributed by atoms with van der Waals surface area (Å²) in [5.74, 6) is 0.737. The van der Waals surface area contributed by atoms with E-state index in [1.54, 1.807) is 0 Å². The van der Waals surface area contributed by atoms with Crippen LogP contribution in [-0.2, 0) is 16.0 Å². The summed E-state index contributed by atoms with van der Waals surface area (Å²) in [5.41, 5.74) is 1.25. The number of aliphatic hydroxyl groups is 1. The van der Waals surface area contributed by atoms with Gasteiger partial charge in [0.25, 0.3) is 5.91 Å². The minimum atomic E-state index is -0.375. The second kappa shape index (κ2) is 7.99. The first-order valence-corrected chi connectivity index (χ1v) is 8.96. The van der Waals surface area contributed by atoms with Crippen molar-refractivity contribution >= 4 is 5.91 Å². The predicted molar refractivity (Wildman–Crippen MR) is 91.0 cm³/mol. The molecule has 1 N–H and O–H groups in total. The van der Waals surface area contributed by atoms with Gasteiger partial charge in [-0.05, 0) is 43.4 Å². The molecular formula is C19H27NO4. The molecule has 3 atom stereocenters. The van der Waals surface area contributed by atoms with Crippen molar-refractivity contribution in [3.05, 3.63) is 29.8 Å². The van der Waals surface area contributed by atoms with Crippen molar-refractivity contribution in [3.8, 4) is 5.75 Å². The lowest BCUT2D eigenvalue weighted by Crippen LogP contribution is -2.49. The Balaban J connectivity index is 1.56. The molecule has 0 unspecified atom stereocenters. The molecule has 2 heterocycles. The van der Waals surface area contributed by atoms with Crippen LogP contribution in [-0.4, -0.2) is 54.4 Å². The van der Waals surface area contributed by atoms with E-state index in [1.165, 1.54) is 5.56 Å². The summed E-state index contributed by atoms with van der Waals surface area (Å²) in [6.07, 6.45) is 3.18. The van der Waals surface area contributed by atoms with E-state index >= 15 is 0 Å². The number of likely N-dealkylation sites (tertiary alicyclic amines) is 1. The summed E-state index contributed by atoms with van der Waals surface area (Å²) in [4.78, 5) is 14.5. The minimum Gasteiger partial charge on any atom is -0.484 e. The molecule has 2 fully saturated rings. The Hall–Kier alpha value is -1.59. The first kappa shape index (κ1) is 17.2.